The fraction of sp³-hybridized carbons (Fsp3) is 0.500. The number of rotatable bonds is 4. The molecule has 1 atom stereocenters. The van der Waals surface area contributed by atoms with Gasteiger partial charge in [0.05, 0.1) is 0 Å². The Bertz CT molecular complexity index is 417. The second-order valence-electron chi connectivity index (χ2n) is 3.23. The van der Waals surface area contributed by atoms with Crippen molar-refractivity contribution in [1.82, 2.24) is 9.55 Å². The van der Waals surface area contributed by atoms with Crippen LogP contribution in [-0.4, -0.2) is 48.4 Å². The molecular formula is C8H10N3NaO4. The minimum atomic E-state index is -0.704. The Hall–Kier alpha value is -0.920. The quantitative estimate of drug-likeness (QED) is 0.332. The van der Waals surface area contributed by atoms with Crippen LogP contribution in [0.15, 0.2) is 6.20 Å². The molecule has 1 aromatic heterocycles. The van der Waals surface area contributed by atoms with Crippen molar-refractivity contribution in [3.63, 3.8) is 0 Å². The zero-order chi connectivity index (χ0) is 12.3. The number of aryl methyl sites for hydroxylation is 1. The number of aromatic nitrogens is 2. The zero-order valence-corrected chi connectivity index (χ0v) is 11.3. The average Bonchev–Trinajstić information content (AvgIpc) is 2.59. The number of carbonyl (C=O) groups is 1. The number of imidazole rings is 1. The summed E-state index contributed by atoms with van der Waals surface area (Å²) in [6.07, 6.45) is 0.449. The molecule has 0 aliphatic rings. The molecule has 0 aliphatic carbocycles. The Morgan fingerprint density at radius 1 is 1.81 bits per heavy atom. The first-order valence-corrected chi connectivity index (χ1v) is 6.26. The number of esters is 1. The van der Waals surface area contributed by atoms with Gasteiger partial charge in [-0.05, 0) is 0 Å². The number of hydrogen-bond acceptors (Lipinski definition) is 5. The molecule has 0 aromatic carbocycles. The van der Waals surface area contributed by atoms with Crippen LogP contribution in [0.5, 0.6) is 0 Å². The summed E-state index contributed by atoms with van der Waals surface area (Å²) in [5.74, 6) is -0.0759. The molecule has 1 unspecified atom stereocenters. The number of nitro groups is 1. The van der Waals surface area contributed by atoms with Crippen molar-refractivity contribution in [2.45, 2.75) is 23.7 Å². The summed E-state index contributed by atoms with van der Waals surface area (Å²) in [6.45, 7) is 3.20. The number of ether oxygens (including phenoxy) is 1. The molecule has 1 rings (SSSR count). The summed E-state index contributed by atoms with van der Waals surface area (Å²) >= 11 is 0.707. The van der Waals surface area contributed by atoms with Crippen molar-refractivity contribution in [3.8, 4) is 0 Å². The van der Waals surface area contributed by atoms with Crippen LogP contribution in [0, 0.1) is 17.0 Å². The first kappa shape index (κ1) is 13.1. The number of hydrogen-bond donors (Lipinski definition) is 0. The van der Waals surface area contributed by atoms with Crippen LogP contribution in [0.4, 0.5) is 5.82 Å². The van der Waals surface area contributed by atoms with Crippen molar-refractivity contribution in [2.24, 2.45) is 0 Å². The monoisotopic (exact) mass is 235 g/mol. The molecule has 0 radical (unpaired) electrons. The standard InChI is InChI=1S/C8H10N3O4.Na/c1-5-9-4-8(11(13)14)10(5)6(2)15-7(3)12;/h4,6H,3H2,1-2H3;. The van der Waals surface area contributed by atoms with Gasteiger partial charge in [-0.15, -0.1) is 0 Å². The topological polar surface area (TPSA) is 87.3 Å². The van der Waals surface area contributed by atoms with Gasteiger partial charge in [-0.1, -0.05) is 0 Å². The van der Waals surface area contributed by atoms with Crippen LogP contribution in [0.1, 0.15) is 19.0 Å². The zero-order valence-electron chi connectivity index (χ0n) is 9.34. The first-order valence-electron chi connectivity index (χ1n) is 4.85. The van der Waals surface area contributed by atoms with Gasteiger partial charge in [-0.2, -0.15) is 0 Å². The molecular weight excluding hydrogens is 225 g/mol. The molecule has 8 heteroatoms. The maximum absolute atomic E-state index is 11.1. The molecule has 0 aliphatic heterocycles. The molecule has 0 amide bonds. The summed E-state index contributed by atoms with van der Waals surface area (Å²) in [6, 6.07) is 0. The number of nitrogens with zero attached hydrogens (tertiary/aromatic N) is 3. The average molecular weight is 235 g/mol. The summed E-state index contributed by atoms with van der Waals surface area (Å²) < 4.78 is 6.68. The van der Waals surface area contributed by atoms with Gasteiger partial charge in [0.15, 0.2) is 0 Å². The predicted molar refractivity (Wildman–Crippen MR) is 55.0 cm³/mol. The third-order valence-corrected chi connectivity index (χ3v) is 2.68. The Balaban J connectivity index is 2.97. The molecule has 0 saturated carbocycles. The van der Waals surface area contributed by atoms with E-state index in [4.69, 9.17) is 4.74 Å². The van der Waals surface area contributed by atoms with Crippen molar-refractivity contribution in [3.05, 3.63) is 22.1 Å². The third-order valence-electron chi connectivity index (χ3n) is 2.10. The predicted octanol–water partition coefficient (Wildman–Crippen LogP) is 0.748. The van der Waals surface area contributed by atoms with Crippen LogP contribution >= 0.6 is 0 Å². The molecule has 0 bridgehead atoms. The molecule has 0 N–H and O–H groups in total. The fourth-order valence-electron chi connectivity index (χ4n) is 1.35. The van der Waals surface area contributed by atoms with E-state index < -0.39 is 11.2 Å². The normalized spacial score (nSPS) is 12.2. The molecule has 0 saturated heterocycles. The molecule has 0 fully saturated rings. The minimum absolute atomic E-state index is 0.175. The molecule has 16 heavy (non-hydrogen) atoms. The van der Waals surface area contributed by atoms with E-state index in [0.29, 0.717) is 37.4 Å². The Morgan fingerprint density at radius 2 is 2.44 bits per heavy atom. The van der Waals surface area contributed by atoms with Gasteiger partial charge >= 0.3 is 110 Å². The van der Waals surface area contributed by atoms with E-state index in [1.165, 1.54) is 4.57 Å². The van der Waals surface area contributed by atoms with Gasteiger partial charge in [0.25, 0.3) is 0 Å². The van der Waals surface area contributed by atoms with Crippen LogP contribution < -0.4 is 0 Å². The number of carbonyl (C=O) groups excluding carboxylic acids is 1. The van der Waals surface area contributed by atoms with Gasteiger partial charge in [-0.25, -0.2) is 0 Å². The van der Waals surface area contributed by atoms with Gasteiger partial charge < -0.3 is 0 Å². The van der Waals surface area contributed by atoms with Crippen LogP contribution in [-0.2, 0) is 9.53 Å². The van der Waals surface area contributed by atoms with E-state index in [1.54, 1.807) is 13.8 Å². The molecule has 82 valence electrons. The van der Waals surface area contributed by atoms with Crippen LogP contribution in [0.3, 0.4) is 0 Å². The molecule has 0 spiro atoms. The summed E-state index contributed by atoms with van der Waals surface area (Å²) in [7, 11) is 0. The fourth-order valence-corrected chi connectivity index (χ4v) is 1.52. The van der Waals surface area contributed by atoms with Gasteiger partial charge in [-0.3, -0.25) is 0 Å². The Morgan fingerprint density at radius 3 is 2.94 bits per heavy atom. The van der Waals surface area contributed by atoms with Crippen molar-refractivity contribution < 1.29 is 14.5 Å². The van der Waals surface area contributed by atoms with E-state index in [-0.39, 0.29) is 11.8 Å². The molecule has 1 heterocycles. The van der Waals surface area contributed by atoms with Crippen molar-refractivity contribution >= 4 is 39.7 Å². The van der Waals surface area contributed by atoms with Gasteiger partial charge in [0, 0.05) is 0 Å². The second kappa shape index (κ2) is 5.42. The maximum atomic E-state index is 11.1. The van der Waals surface area contributed by atoms with Crippen molar-refractivity contribution in [1.29, 1.82) is 0 Å². The molecule has 1 aromatic rings. The third kappa shape index (κ3) is 2.81. The summed E-state index contributed by atoms with van der Waals surface area (Å²) in [4.78, 5) is 25.1. The molecule has 7 nitrogen and oxygen atoms in total. The Labute approximate surface area is 109 Å². The Kier molecular flexibility index (Phi) is 4.45. The van der Waals surface area contributed by atoms with E-state index in [2.05, 4.69) is 4.98 Å². The van der Waals surface area contributed by atoms with Crippen molar-refractivity contribution in [2.75, 3.05) is 0 Å². The van der Waals surface area contributed by atoms with E-state index in [0.717, 1.165) is 6.20 Å². The summed E-state index contributed by atoms with van der Waals surface area (Å²) in [5, 5.41) is 10.7. The van der Waals surface area contributed by atoms with E-state index in [9.17, 15) is 14.9 Å². The summed E-state index contributed by atoms with van der Waals surface area (Å²) in [5.41, 5.74) is 0. The van der Waals surface area contributed by atoms with Crippen LogP contribution in [0.25, 0.3) is 0 Å². The van der Waals surface area contributed by atoms with Gasteiger partial charge in [0.1, 0.15) is 0 Å². The van der Waals surface area contributed by atoms with E-state index >= 15 is 0 Å². The van der Waals surface area contributed by atoms with E-state index in [1.807, 2.05) is 0 Å². The SMILES string of the molecule is Cc1ncc([N+](=O)[O-])n1C(C)OC(=O)[CH2][Na]. The second-order valence-corrected chi connectivity index (χ2v) is 3.94. The van der Waals surface area contributed by atoms with Gasteiger partial charge in [0.2, 0.25) is 0 Å². The van der Waals surface area contributed by atoms with Crippen LogP contribution in [0.2, 0.25) is 3.67 Å². The first-order chi connectivity index (χ1) is 7.47.